The number of carbonyl (C=O) groups is 1. The Labute approximate surface area is 264 Å². The van der Waals surface area contributed by atoms with Crippen molar-refractivity contribution in [2.24, 2.45) is 0 Å². The number of aliphatic hydroxyl groups excluding tert-OH is 2. The van der Waals surface area contributed by atoms with Crippen molar-refractivity contribution in [3.63, 3.8) is 0 Å². The number of nitrogens with one attached hydrogen (secondary N) is 1. The maximum atomic E-state index is 15.0. The van der Waals surface area contributed by atoms with Gasteiger partial charge in [0.1, 0.15) is 17.3 Å². The Morgan fingerprint density at radius 2 is 1.49 bits per heavy atom. The summed E-state index contributed by atoms with van der Waals surface area (Å²) >= 11 is 0. The molecule has 14 heteroatoms. The van der Waals surface area contributed by atoms with Crippen molar-refractivity contribution in [3.8, 4) is 16.9 Å². The van der Waals surface area contributed by atoms with Crippen molar-refractivity contribution < 1.29 is 37.0 Å². The number of fused-ring (bicyclic) bond motifs is 1. The summed E-state index contributed by atoms with van der Waals surface area (Å²) in [6.45, 7) is 3.95. The van der Waals surface area contributed by atoms with Crippen LogP contribution in [0.5, 0.6) is 0 Å². The summed E-state index contributed by atoms with van der Waals surface area (Å²) in [5.74, 6) is -4.58. The summed E-state index contributed by atoms with van der Waals surface area (Å²) in [4.78, 5) is 35.3. The van der Waals surface area contributed by atoms with Crippen LogP contribution in [0.25, 0.3) is 28.0 Å². The summed E-state index contributed by atoms with van der Waals surface area (Å²) in [7, 11) is 0. The smallest absolute Gasteiger partial charge is 0.394 e. The van der Waals surface area contributed by atoms with Gasteiger partial charge >= 0.3 is 12.1 Å². The molecule has 0 aliphatic rings. The first-order valence-corrected chi connectivity index (χ1v) is 14.2. The van der Waals surface area contributed by atoms with Gasteiger partial charge in [0.25, 0.3) is 5.56 Å². The van der Waals surface area contributed by atoms with Crippen molar-refractivity contribution in [2.75, 3.05) is 23.4 Å². The molecule has 5 aromatic rings. The standard InChI is InChI=1S/C33H28F5N5O4/c1-17-7-9-21(13-19(17)3)42(31(47)33(36,37)38)22-10-8-18(2)24(14-22)28-23-11-12-27(46)43(29-25(34)5-4-6-26(29)35)30(23)41-32(40-28)39-20(15-44)16-45/h4-14,20,44-45H,15-16H2,1-3H3,(H,39,40,41). The summed E-state index contributed by atoms with van der Waals surface area (Å²) in [5, 5.41) is 22.1. The van der Waals surface area contributed by atoms with Crippen LogP contribution in [0.3, 0.4) is 0 Å². The largest absolute Gasteiger partial charge is 0.472 e. The molecule has 0 saturated heterocycles. The van der Waals surface area contributed by atoms with Crippen molar-refractivity contribution in [3.05, 3.63) is 105 Å². The maximum Gasteiger partial charge on any atom is 0.472 e. The second-order valence-electron chi connectivity index (χ2n) is 10.8. The number of amides is 1. The maximum absolute atomic E-state index is 15.0. The van der Waals surface area contributed by atoms with E-state index in [0.29, 0.717) is 20.6 Å². The van der Waals surface area contributed by atoms with Crippen LogP contribution < -0.4 is 15.8 Å². The molecule has 0 spiro atoms. The third-order valence-electron chi connectivity index (χ3n) is 7.61. The van der Waals surface area contributed by atoms with Crippen LogP contribution in [0.4, 0.5) is 39.3 Å². The third-order valence-corrected chi connectivity index (χ3v) is 7.61. The molecule has 0 fully saturated rings. The Morgan fingerprint density at radius 3 is 2.09 bits per heavy atom. The van der Waals surface area contributed by atoms with Gasteiger partial charge in [0.05, 0.1) is 24.9 Å². The molecule has 0 radical (unpaired) electrons. The number of nitrogens with zero attached hydrogens (tertiary/aromatic N) is 4. The van der Waals surface area contributed by atoms with E-state index in [1.807, 2.05) is 0 Å². The average molecular weight is 654 g/mol. The number of anilines is 3. The van der Waals surface area contributed by atoms with E-state index in [0.717, 1.165) is 29.8 Å². The number of rotatable bonds is 8. The molecule has 9 nitrogen and oxygen atoms in total. The summed E-state index contributed by atoms with van der Waals surface area (Å²) in [6, 6.07) is 12.9. The predicted molar refractivity (Wildman–Crippen MR) is 166 cm³/mol. The van der Waals surface area contributed by atoms with E-state index in [1.165, 1.54) is 36.4 Å². The van der Waals surface area contributed by atoms with Crippen LogP contribution >= 0.6 is 0 Å². The Hall–Kier alpha value is -5.21. The first-order chi connectivity index (χ1) is 22.2. The number of benzene rings is 3. The number of aryl methyl sites for hydroxylation is 3. The van der Waals surface area contributed by atoms with Crippen LogP contribution in [-0.4, -0.2) is 56.1 Å². The molecule has 2 aromatic heterocycles. The van der Waals surface area contributed by atoms with E-state index in [4.69, 9.17) is 0 Å². The number of para-hydroxylation sites is 1. The average Bonchev–Trinajstić information content (AvgIpc) is 3.02. The Balaban J connectivity index is 1.83. The van der Waals surface area contributed by atoms with Crippen LogP contribution in [0.2, 0.25) is 0 Å². The fourth-order valence-corrected chi connectivity index (χ4v) is 5.01. The zero-order valence-corrected chi connectivity index (χ0v) is 25.2. The minimum absolute atomic E-state index is 0.0106. The molecule has 3 N–H and O–H groups in total. The summed E-state index contributed by atoms with van der Waals surface area (Å²) in [5.41, 5.74) is 0.0106. The van der Waals surface area contributed by atoms with Gasteiger partial charge in [-0.25, -0.2) is 13.8 Å². The second-order valence-corrected chi connectivity index (χ2v) is 10.8. The van der Waals surface area contributed by atoms with E-state index < -0.39 is 54.2 Å². The zero-order valence-electron chi connectivity index (χ0n) is 25.2. The van der Waals surface area contributed by atoms with Gasteiger partial charge in [-0.05, 0) is 79.9 Å². The molecule has 47 heavy (non-hydrogen) atoms. The number of carbonyl (C=O) groups excluding carboxylic acids is 1. The summed E-state index contributed by atoms with van der Waals surface area (Å²) < 4.78 is 72.6. The van der Waals surface area contributed by atoms with Crippen molar-refractivity contribution in [1.29, 1.82) is 0 Å². The van der Waals surface area contributed by atoms with Gasteiger partial charge in [0.2, 0.25) is 5.95 Å². The number of pyridine rings is 1. The highest BCUT2D eigenvalue weighted by Gasteiger charge is 2.44. The molecule has 2 heterocycles. The topological polar surface area (TPSA) is 121 Å². The molecule has 0 saturated carbocycles. The molecule has 0 atom stereocenters. The predicted octanol–water partition coefficient (Wildman–Crippen LogP) is 5.64. The normalized spacial score (nSPS) is 11.7. The fraction of sp³-hybridized carbons (Fsp3) is 0.212. The number of hydrogen-bond donors (Lipinski definition) is 3. The fourth-order valence-electron chi connectivity index (χ4n) is 5.01. The van der Waals surface area contributed by atoms with Gasteiger partial charge in [0, 0.05) is 28.4 Å². The lowest BCUT2D eigenvalue weighted by atomic mass is 10.0. The van der Waals surface area contributed by atoms with Gasteiger partial charge in [0.15, 0.2) is 5.65 Å². The van der Waals surface area contributed by atoms with Crippen LogP contribution in [0, 0.1) is 32.4 Å². The molecule has 3 aromatic carbocycles. The van der Waals surface area contributed by atoms with Crippen LogP contribution in [-0.2, 0) is 4.79 Å². The van der Waals surface area contributed by atoms with Crippen molar-refractivity contribution >= 4 is 34.3 Å². The molecule has 0 aliphatic carbocycles. The lowest BCUT2D eigenvalue weighted by Crippen LogP contribution is -2.38. The van der Waals surface area contributed by atoms with Gasteiger partial charge < -0.3 is 15.5 Å². The van der Waals surface area contributed by atoms with Crippen LogP contribution in [0.15, 0.2) is 71.5 Å². The number of aromatic nitrogens is 3. The van der Waals surface area contributed by atoms with Crippen molar-refractivity contribution in [1.82, 2.24) is 14.5 Å². The molecular weight excluding hydrogens is 625 g/mol. The molecule has 0 bridgehead atoms. The Bertz CT molecular complexity index is 2040. The quantitative estimate of drug-likeness (QED) is 0.185. The molecule has 0 aliphatic heterocycles. The number of halogens is 5. The molecule has 0 unspecified atom stereocenters. The highest BCUT2D eigenvalue weighted by molar-refractivity contribution is 6.05. The minimum Gasteiger partial charge on any atom is -0.394 e. The first-order valence-electron chi connectivity index (χ1n) is 14.2. The number of aliphatic hydroxyl groups is 2. The van der Waals surface area contributed by atoms with Gasteiger partial charge in [-0.1, -0.05) is 18.2 Å². The van der Waals surface area contributed by atoms with E-state index in [9.17, 15) is 33.0 Å². The molecular formula is C33H28F5N5O4. The van der Waals surface area contributed by atoms with E-state index >= 15 is 8.78 Å². The second kappa shape index (κ2) is 12.9. The third kappa shape index (κ3) is 6.42. The SMILES string of the molecule is Cc1ccc(N(C(=O)C(F)(F)F)c2ccc(C)c(-c3nc(NC(CO)CO)nc4c3ccc(=O)n4-c3c(F)cccc3F)c2)cc1C. The van der Waals surface area contributed by atoms with Gasteiger partial charge in [-0.2, -0.15) is 18.2 Å². The van der Waals surface area contributed by atoms with E-state index in [-0.39, 0.29) is 39.6 Å². The van der Waals surface area contributed by atoms with E-state index in [2.05, 4.69) is 15.3 Å². The molecule has 5 rings (SSSR count). The number of hydrogen-bond acceptors (Lipinski definition) is 7. The number of alkyl halides is 3. The molecule has 244 valence electrons. The lowest BCUT2D eigenvalue weighted by Gasteiger charge is -2.26. The monoisotopic (exact) mass is 653 g/mol. The highest BCUT2D eigenvalue weighted by Crippen LogP contribution is 2.37. The zero-order chi connectivity index (χ0) is 34.2. The highest BCUT2D eigenvalue weighted by atomic mass is 19.4. The van der Waals surface area contributed by atoms with Gasteiger partial charge in [-0.15, -0.1) is 0 Å². The van der Waals surface area contributed by atoms with Gasteiger partial charge in [-0.3, -0.25) is 19.1 Å². The Morgan fingerprint density at radius 1 is 0.872 bits per heavy atom. The van der Waals surface area contributed by atoms with Crippen molar-refractivity contribution in [2.45, 2.75) is 33.0 Å². The first kappa shape index (κ1) is 33.2. The minimum atomic E-state index is -5.24. The summed E-state index contributed by atoms with van der Waals surface area (Å²) in [6.07, 6.45) is -5.24. The lowest BCUT2D eigenvalue weighted by molar-refractivity contribution is -0.169. The van der Waals surface area contributed by atoms with E-state index in [1.54, 1.807) is 26.8 Å². The molecule has 1 amide bonds. The Kier molecular flexibility index (Phi) is 9.09. The van der Waals surface area contributed by atoms with Crippen LogP contribution in [0.1, 0.15) is 16.7 Å².